The topological polar surface area (TPSA) is 20.2 Å². The molecule has 0 radical (unpaired) electrons. The van der Waals surface area contributed by atoms with Gasteiger partial charge in [0.05, 0.1) is 14.2 Å². The normalized spacial score (nSPS) is 15.5. The van der Waals surface area contributed by atoms with Crippen LogP contribution in [0.25, 0.3) is 0 Å². The Morgan fingerprint density at radius 1 is 1.31 bits per heavy atom. The lowest BCUT2D eigenvalue weighted by Crippen LogP contribution is -2.46. The molecule has 88 valence electrons. The van der Waals surface area contributed by atoms with Crippen LogP contribution in [0.5, 0.6) is 0 Å². The fourth-order valence-electron chi connectivity index (χ4n) is 2.13. The Kier molecular flexibility index (Phi) is 4.51. The van der Waals surface area contributed by atoms with Gasteiger partial charge in [0.15, 0.2) is 0 Å². The molecule has 0 aliphatic rings. The molecular weight excluding hydrogens is 212 g/mol. The molecule has 0 spiro atoms. The largest absolute Gasteiger partial charge is 0.393 e. The second-order valence-electron chi connectivity index (χ2n) is 5.01. The Hall–Kier alpha value is -0.863. The van der Waals surface area contributed by atoms with E-state index in [0.29, 0.717) is 5.54 Å². The van der Waals surface area contributed by atoms with Crippen molar-refractivity contribution in [3.05, 3.63) is 43.0 Å². The molecule has 0 fully saturated rings. The van der Waals surface area contributed by atoms with Crippen molar-refractivity contribution in [1.29, 1.82) is 0 Å². The molecule has 1 rings (SSSR count). The average molecular weight is 234 g/mol. The number of rotatable bonds is 5. The van der Waals surface area contributed by atoms with Crippen LogP contribution in [0.4, 0.5) is 0 Å². The molecule has 0 amide bonds. The van der Waals surface area contributed by atoms with Gasteiger partial charge in [-0.3, -0.25) is 0 Å². The third kappa shape index (κ3) is 3.06. The highest BCUT2D eigenvalue weighted by molar-refractivity contribution is 6.91. The minimum Gasteiger partial charge on any atom is -0.393 e. The Labute approximate surface area is 99.8 Å². The van der Waals surface area contributed by atoms with Gasteiger partial charge in [0.1, 0.15) is 0 Å². The van der Waals surface area contributed by atoms with E-state index in [9.17, 15) is 5.11 Å². The van der Waals surface area contributed by atoms with Gasteiger partial charge < -0.3 is 5.11 Å². The zero-order valence-corrected chi connectivity index (χ0v) is 11.5. The molecule has 0 unspecified atom stereocenters. The summed E-state index contributed by atoms with van der Waals surface area (Å²) in [5.74, 6) is 0. The predicted octanol–water partition coefficient (Wildman–Crippen LogP) is 2.93. The van der Waals surface area contributed by atoms with Crippen LogP contribution in [0.3, 0.4) is 0 Å². The zero-order valence-electron chi connectivity index (χ0n) is 10.5. The molecule has 1 aromatic carbocycles. The predicted molar refractivity (Wildman–Crippen MR) is 73.8 cm³/mol. The fourth-order valence-corrected chi connectivity index (χ4v) is 5.13. The molecule has 0 saturated heterocycles. The maximum absolute atomic E-state index is 9.54. The highest BCUT2D eigenvalue weighted by atomic mass is 28.3. The second kappa shape index (κ2) is 5.46. The Bertz CT molecular complexity index is 330. The molecule has 0 aliphatic carbocycles. The van der Waals surface area contributed by atoms with Crippen LogP contribution < -0.4 is 5.19 Å². The molecule has 0 aliphatic heterocycles. The standard InChI is InChI=1S/C14H22OSi/c1-5-13(11-12(2)15)16(3,4)14-9-7-6-8-10-14/h5-10,12-13,15H,1,11H2,2-4H3/t12-,13-/m0/s1. The van der Waals surface area contributed by atoms with Crippen LogP contribution in [-0.2, 0) is 0 Å². The van der Waals surface area contributed by atoms with Crippen molar-refractivity contribution in [3.63, 3.8) is 0 Å². The summed E-state index contributed by atoms with van der Waals surface area (Å²) in [4.78, 5) is 0. The lowest BCUT2D eigenvalue weighted by Gasteiger charge is -2.31. The third-order valence-electron chi connectivity index (χ3n) is 3.32. The number of aliphatic hydroxyl groups excluding tert-OH is 1. The van der Waals surface area contributed by atoms with E-state index < -0.39 is 8.07 Å². The first kappa shape index (κ1) is 13.2. The Morgan fingerprint density at radius 3 is 2.31 bits per heavy atom. The SMILES string of the molecule is C=C[C@@H](C[C@H](C)O)[Si](C)(C)c1ccccc1. The zero-order chi connectivity index (χ0) is 12.2. The van der Waals surface area contributed by atoms with Crippen LogP contribution in [0.15, 0.2) is 43.0 Å². The highest BCUT2D eigenvalue weighted by Gasteiger charge is 2.31. The lowest BCUT2D eigenvalue weighted by atomic mass is 10.2. The molecule has 1 aromatic rings. The van der Waals surface area contributed by atoms with Gasteiger partial charge >= 0.3 is 0 Å². The first-order valence-corrected chi connectivity index (χ1v) is 8.92. The highest BCUT2D eigenvalue weighted by Crippen LogP contribution is 2.27. The quantitative estimate of drug-likeness (QED) is 0.613. The van der Waals surface area contributed by atoms with E-state index in [0.717, 1.165) is 6.42 Å². The molecule has 16 heavy (non-hydrogen) atoms. The molecule has 2 heteroatoms. The third-order valence-corrected chi connectivity index (χ3v) is 7.47. The number of hydrogen-bond acceptors (Lipinski definition) is 1. The Balaban J connectivity index is 2.94. The van der Waals surface area contributed by atoms with E-state index in [1.807, 2.05) is 19.1 Å². The molecular formula is C14H22OSi. The van der Waals surface area contributed by atoms with Crippen molar-refractivity contribution in [3.8, 4) is 0 Å². The summed E-state index contributed by atoms with van der Waals surface area (Å²) in [7, 11) is -1.55. The molecule has 1 N–H and O–H groups in total. The van der Waals surface area contributed by atoms with E-state index in [1.54, 1.807) is 0 Å². The lowest BCUT2D eigenvalue weighted by molar-refractivity contribution is 0.185. The van der Waals surface area contributed by atoms with Crippen molar-refractivity contribution in [2.24, 2.45) is 0 Å². The van der Waals surface area contributed by atoms with Crippen LogP contribution >= 0.6 is 0 Å². The maximum Gasteiger partial charge on any atom is 0.0874 e. The van der Waals surface area contributed by atoms with E-state index in [-0.39, 0.29) is 6.10 Å². The second-order valence-corrected chi connectivity index (χ2v) is 9.78. The number of aliphatic hydroxyl groups is 1. The van der Waals surface area contributed by atoms with E-state index in [1.165, 1.54) is 5.19 Å². The van der Waals surface area contributed by atoms with E-state index >= 15 is 0 Å². The molecule has 0 bridgehead atoms. The van der Waals surface area contributed by atoms with Crippen molar-refractivity contribution in [1.82, 2.24) is 0 Å². The van der Waals surface area contributed by atoms with E-state index in [2.05, 4.69) is 43.9 Å². The summed E-state index contributed by atoms with van der Waals surface area (Å²) in [5.41, 5.74) is 0.426. The van der Waals surface area contributed by atoms with Gasteiger partial charge in [-0.2, -0.15) is 0 Å². The van der Waals surface area contributed by atoms with Gasteiger partial charge in [-0.15, -0.1) is 6.58 Å². The minimum absolute atomic E-state index is 0.251. The van der Waals surface area contributed by atoms with Crippen molar-refractivity contribution >= 4 is 13.3 Å². The average Bonchev–Trinajstić information content (AvgIpc) is 2.26. The van der Waals surface area contributed by atoms with Gasteiger partial charge in [0.25, 0.3) is 0 Å². The number of benzene rings is 1. The molecule has 1 nitrogen and oxygen atoms in total. The summed E-state index contributed by atoms with van der Waals surface area (Å²) in [5, 5.41) is 11.0. The van der Waals surface area contributed by atoms with Gasteiger partial charge in [0.2, 0.25) is 0 Å². The molecule has 0 heterocycles. The van der Waals surface area contributed by atoms with Gasteiger partial charge in [-0.05, 0) is 18.9 Å². The first-order valence-electron chi connectivity index (χ1n) is 5.84. The van der Waals surface area contributed by atoms with Crippen LogP contribution in [-0.4, -0.2) is 19.3 Å². The van der Waals surface area contributed by atoms with Crippen molar-refractivity contribution < 1.29 is 5.11 Å². The summed E-state index contributed by atoms with van der Waals surface area (Å²) in [6, 6.07) is 10.6. The molecule has 2 atom stereocenters. The Morgan fingerprint density at radius 2 is 1.88 bits per heavy atom. The first-order chi connectivity index (χ1) is 7.48. The summed E-state index contributed by atoms with van der Waals surface area (Å²) in [6.45, 7) is 10.5. The molecule has 0 aromatic heterocycles. The van der Waals surface area contributed by atoms with Crippen LogP contribution in [0, 0.1) is 0 Å². The number of hydrogen-bond donors (Lipinski definition) is 1. The summed E-state index contributed by atoms with van der Waals surface area (Å²) in [6.07, 6.45) is 2.59. The smallest absolute Gasteiger partial charge is 0.0874 e. The van der Waals surface area contributed by atoms with Gasteiger partial charge in [0, 0.05) is 0 Å². The summed E-state index contributed by atoms with van der Waals surface area (Å²) < 4.78 is 0. The fraction of sp³-hybridized carbons (Fsp3) is 0.429. The van der Waals surface area contributed by atoms with Crippen molar-refractivity contribution in [2.75, 3.05) is 0 Å². The summed E-state index contributed by atoms with van der Waals surface area (Å²) >= 11 is 0. The minimum atomic E-state index is -1.55. The monoisotopic (exact) mass is 234 g/mol. The van der Waals surface area contributed by atoms with Crippen LogP contribution in [0.1, 0.15) is 13.3 Å². The van der Waals surface area contributed by atoms with Gasteiger partial charge in [-0.25, -0.2) is 0 Å². The maximum atomic E-state index is 9.54. The van der Waals surface area contributed by atoms with Crippen LogP contribution in [0.2, 0.25) is 18.6 Å². The van der Waals surface area contributed by atoms with Gasteiger partial charge in [-0.1, -0.05) is 54.7 Å². The van der Waals surface area contributed by atoms with E-state index in [4.69, 9.17) is 0 Å². The molecule has 0 saturated carbocycles. The number of allylic oxidation sites excluding steroid dienone is 1. The van der Waals surface area contributed by atoms with Crippen molar-refractivity contribution in [2.45, 2.75) is 38.1 Å².